The van der Waals surface area contributed by atoms with Crippen LogP contribution >= 0.6 is 0 Å². The number of carbonyl (C=O) groups is 2. The highest BCUT2D eigenvalue weighted by Crippen LogP contribution is 2.42. The molecule has 0 aromatic heterocycles. The third kappa shape index (κ3) is 4.08. The smallest absolute Gasteiger partial charge is 0.410 e. The molecular formula is C19H27NO4. The molecule has 1 aliphatic rings. The second-order valence-electron chi connectivity index (χ2n) is 7.24. The fraction of sp³-hybridized carbons (Fsp3) is 0.579. The van der Waals surface area contributed by atoms with E-state index in [1.165, 1.54) is 0 Å². The summed E-state index contributed by atoms with van der Waals surface area (Å²) in [5.41, 5.74) is 0.342. The number of hydrogen-bond donors (Lipinski definition) is 0. The van der Waals surface area contributed by atoms with Gasteiger partial charge in [-0.1, -0.05) is 37.3 Å². The van der Waals surface area contributed by atoms with Gasteiger partial charge in [0.15, 0.2) is 0 Å². The van der Waals surface area contributed by atoms with E-state index in [1.807, 2.05) is 58.0 Å². The highest BCUT2D eigenvalue weighted by molar-refractivity contribution is 5.77. The minimum absolute atomic E-state index is 0.00164. The largest absolute Gasteiger partial charge is 0.466 e. The van der Waals surface area contributed by atoms with Crippen molar-refractivity contribution in [3.63, 3.8) is 0 Å². The third-order valence-electron chi connectivity index (χ3n) is 4.10. The number of likely N-dealkylation sites (tertiary alicyclic amines) is 1. The minimum atomic E-state index is -0.580. The summed E-state index contributed by atoms with van der Waals surface area (Å²) < 4.78 is 10.8. The van der Waals surface area contributed by atoms with Crippen LogP contribution in [0.4, 0.5) is 4.79 Å². The van der Waals surface area contributed by atoms with Crippen LogP contribution in [0.1, 0.15) is 46.2 Å². The second kappa shape index (κ2) is 7.24. The SMILES string of the molecule is CCOC(=O)[C@@H]1[C@H](C)CN(C(=O)OC(C)(C)C)[C@H]1c1ccccc1. The first-order chi connectivity index (χ1) is 11.2. The van der Waals surface area contributed by atoms with E-state index in [1.54, 1.807) is 11.8 Å². The van der Waals surface area contributed by atoms with Gasteiger partial charge in [0, 0.05) is 6.54 Å². The van der Waals surface area contributed by atoms with Gasteiger partial charge in [-0.3, -0.25) is 9.69 Å². The van der Waals surface area contributed by atoms with E-state index < -0.39 is 11.7 Å². The van der Waals surface area contributed by atoms with Gasteiger partial charge in [0.05, 0.1) is 18.6 Å². The Labute approximate surface area is 143 Å². The van der Waals surface area contributed by atoms with Crippen LogP contribution in [0, 0.1) is 11.8 Å². The fourth-order valence-corrected chi connectivity index (χ4v) is 3.19. The van der Waals surface area contributed by atoms with Crippen LogP contribution in [0.2, 0.25) is 0 Å². The van der Waals surface area contributed by atoms with Crippen LogP contribution in [0.5, 0.6) is 0 Å². The van der Waals surface area contributed by atoms with Crippen LogP contribution < -0.4 is 0 Å². The molecule has 0 bridgehead atoms. The number of carbonyl (C=O) groups excluding carboxylic acids is 2. The molecule has 1 fully saturated rings. The topological polar surface area (TPSA) is 55.8 Å². The van der Waals surface area contributed by atoms with Crippen LogP contribution in [0.15, 0.2) is 30.3 Å². The highest BCUT2D eigenvalue weighted by atomic mass is 16.6. The van der Waals surface area contributed by atoms with Gasteiger partial charge in [-0.15, -0.1) is 0 Å². The Morgan fingerprint density at radius 2 is 1.83 bits per heavy atom. The molecule has 0 spiro atoms. The molecule has 1 aromatic carbocycles. The molecule has 3 atom stereocenters. The Morgan fingerprint density at radius 3 is 2.38 bits per heavy atom. The first-order valence-corrected chi connectivity index (χ1v) is 8.45. The average molecular weight is 333 g/mol. The summed E-state index contributed by atoms with van der Waals surface area (Å²) in [6.45, 7) is 10.1. The molecule has 5 nitrogen and oxygen atoms in total. The molecule has 0 unspecified atom stereocenters. The molecule has 1 saturated heterocycles. The fourth-order valence-electron chi connectivity index (χ4n) is 3.19. The Bertz CT molecular complexity index is 579. The molecule has 132 valence electrons. The normalized spacial score (nSPS) is 23.9. The third-order valence-corrected chi connectivity index (χ3v) is 4.10. The number of hydrogen-bond acceptors (Lipinski definition) is 4. The zero-order chi connectivity index (χ0) is 17.9. The van der Waals surface area contributed by atoms with Crippen molar-refractivity contribution in [1.29, 1.82) is 0 Å². The van der Waals surface area contributed by atoms with Gasteiger partial charge in [0.1, 0.15) is 5.60 Å². The molecule has 0 saturated carbocycles. The number of nitrogens with zero attached hydrogens (tertiary/aromatic N) is 1. The molecular weight excluding hydrogens is 306 g/mol. The van der Waals surface area contributed by atoms with E-state index in [-0.39, 0.29) is 23.8 Å². The van der Waals surface area contributed by atoms with Crippen LogP contribution in [0.3, 0.4) is 0 Å². The maximum absolute atomic E-state index is 12.7. The first kappa shape index (κ1) is 18.3. The summed E-state index contributed by atoms with van der Waals surface area (Å²) in [7, 11) is 0. The standard InChI is InChI=1S/C19H27NO4/c1-6-23-17(21)15-13(2)12-20(18(22)24-19(3,4)5)16(15)14-10-8-7-9-11-14/h7-11,13,15-16H,6,12H2,1-5H3/t13-,15-,16+/m1/s1. The van der Waals surface area contributed by atoms with Gasteiger partial charge in [-0.25, -0.2) is 4.79 Å². The molecule has 5 heteroatoms. The van der Waals surface area contributed by atoms with Crippen molar-refractivity contribution in [2.24, 2.45) is 11.8 Å². The predicted molar refractivity (Wildman–Crippen MR) is 91.4 cm³/mol. The van der Waals surface area contributed by atoms with Crippen LogP contribution in [-0.2, 0) is 14.3 Å². The molecule has 1 aliphatic heterocycles. The van der Waals surface area contributed by atoms with Crippen molar-refractivity contribution in [3.8, 4) is 0 Å². The van der Waals surface area contributed by atoms with Gasteiger partial charge in [-0.2, -0.15) is 0 Å². The summed E-state index contributed by atoms with van der Waals surface area (Å²) >= 11 is 0. The molecule has 1 aromatic rings. The quantitative estimate of drug-likeness (QED) is 0.790. The number of rotatable bonds is 3. The van der Waals surface area contributed by atoms with E-state index in [2.05, 4.69) is 0 Å². The van der Waals surface area contributed by atoms with E-state index in [9.17, 15) is 9.59 Å². The van der Waals surface area contributed by atoms with Crippen molar-refractivity contribution < 1.29 is 19.1 Å². The summed E-state index contributed by atoms with van der Waals surface area (Å²) in [5, 5.41) is 0. The van der Waals surface area contributed by atoms with E-state index >= 15 is 0 Å². The second-order valence-corrected chi connectivity index (χ2v) is 7.24. The van der Waals surface area contributed by atoms with Gasteiger partial charge >= 0.3 is 12.1 Å². The van der Waals surface area contributed by atoms with Crippen molar-refractivity contribution in [1.82, 2.24) is 4.90 Å². The molecule has 0 N–H and O–H groups in total. The van der Waals surface area contributed by atoms with Crippen molar-refractivity contribution >= 4 is 12.1 Å². The lowest BCUT2D eigenvalue weighted by atomic mass is 9.88. The Kier molecular flexibility index (Phi) is 5.52. The zero-order valence-electron chi connectivity index (χ0n) is 15.1. The lowest BCUT2D eigenvalue weighted by Crippen LogP contribution is -2.38. The molecule has 0 radical (unpaired) electrons. The summed E-state index contributed by atoms with van der Waals surface area (Å²) in [5.74, 6) is -0.647. The first-order valence-electron chi connectivity index (χ1n) is 8.45. The molecule has 1 amide bonds. The monoisotopic (exact) mass is 333 g/mol. The van der Waals surface area contributed by atoms with E-state index in [0.717, 1.165) is 5.56 Å². The van der Waals surface area contributed by atoms with Crippen molar-refractivity contribution in [2.45, 2.75) is 46.3 Å². The van der Waals surface area contributed by atoms with Gasteiger partial charge in [0.25, 0.3) is 0 Å². The summed E-state index contributed by atoms with van der Waals surface area (Å²) in [6, 6.07) is 9.24. The molecule has 0 aliphatic carbocycles. The lowest BCUT2D eigenvalue weighted by Gasteiger charge is -2.30. The van der Waals surface area contributed by atoms with Gasteiger partial charge in [-0.05, 0) is 39.2 Å². The van der Waals surface area contributed by atoms with E-state index in [4.69, 9.17) is 9.47 Å². The molecule has 2 rings (SSSR count). The molecule has 24 heavy (non-hydrogen) atoms. The number of ether oxygens (including phenoxy) is 2. The van der Waals surface area contributed by atoms with Crippen molar-refractivity contribution in [3.05, 3.63) is 35.9 Å². The predicted octanol–water partition coefficient (Wildman–Crippen LogP) is 3.79. The Morgan fingerprint density at radius 1 is 1.21 bits per heavy atom. The zero-order valence-corrected chi connectivity index (χ0v) is 15.1. The van der Waals surface area contributed by atoms with Gasteiger partial charge in [0.2, 0.25) is 0 Å². The summed E-state index contributed by atoms with van der Waals surface area (Å²) in [6.07, 6.45) is -0.394. The highest BCUT2D eigenvalue weighted by Gasteiger charge is 2.48. The average Bonchev–Trinajstić information content (AvgIpc) is 2.84. The lowest BCUT2D eigenvalue weighted by molar-refractivity contribution is -0.150. The van der Waals surface area contributed by atoms with Crippen LogP contribution in [0.25, 0.3) is 0 Å². The number of benzene rings is 1. The number of amides is 1. The Balaban J connectivity index is 2.36. The Hall–Kier alpha value is -2.04. The van der Waals surface area contributed by atoms with E-state index in [0.29, 0.717) is 13.2 Å². The van der Waals surface area contributed by atoms with Crippen LogP contribution in [-0.4, -0.2) is 35.7 Å². The van der Waals surface area contributed by atoms with Gasteiger partial charge < -0.3 is 9.47 Å². The van der Waals surface area contributed by atoms with Crippen molar-refractivity contribution in [2.75, 3.05) is 13.2 Å². The molecule has 1 heterocycles. The maximum Gasteiger partial charge on any atom is 0.410 e. The summed E-state index contributed by atoms with van der Waals surface area (Å²) in [4.78, 5) is 26.8. The minimum Gasteiger partial charge on any atom is -0.466 e. The maximum atomic E-state index is 12.7. The number of esters is 1.